The summed E-state index contributed by atoms with van der Waals surface area (Å²) in [5.74, 6) is 0.365. The molecule has 1 saturated heterocycles. The van der Waals surface area contributed by atoms with Crippen LogP contribution in [0.3, 0.4) is 0 Å². The number of imide groups is 1. The van der Waals surface area contributed by atoms with Crippen molar-refractivity contribution in [2.45, 2.75) is 6.54 Å². The molecule has 2 aromatic rings. The quantitative estimate of drug-likeness (QED) is 0.694. The van der Waals surface area contributed by atoms with Crippen LogP contribution in [0.1, 0.15) is 11.1 Å². The lowest BCUT2D eigenvalue weighted by molar-refractivity contribution is -0.123. The molecule has 3 rings (SSSR count). The van der Waals surface area contributed by atoms with Gasteiger partial charge in [-0.1, -0.05) is 46.3 Å². The van der Waals surface area contributed by atoms with Gasteiger partial charge in [0.05, 0.1) is 18.6 Å². The topological polar surface area (TPSA) is 46.6 Å². The van der Waals surface area contributed by atoms with E-state index in [1.807, 2.05) is 48.5 Å². The Morgan fingerprint density at radius 3 is 2.62 bits per heavy atom. The minimum absolute atomic E-state index is 0.260. The number of methoxy groups -OCH3 is 1. The van der Waals surface area contributed by atoms with Gasteiger partial charge in [0.25, 0.3) is 11.1 Å². The van der Waals surface area contributed by atoms with E-state index in [4.69, 9.17) is 4.74 Å². The maximum absolute atomic E-state index is 12.6. The third-order valence-corrected chi connectivity index (χ3v) is 4.94. The summed E-state index contributed by atoms with van der Waals surface area (Å²) in [7, 11) is 1.57. The Morgan fingerprint density at radius 2 is 1.92 bits per heavy atom. The molecule has 24 heavy (non-hydrogen) atoms. The number of carbonyl (C=O) groups is 2. The van der Waals surface area contributed by atoms with Crippen molar-refractivity contribution in [2.75, 3.05) is 7.11 Å². The van der Waals surface area contributed by atoms with Gasteiger partial charge in [0.2, 0.25) is 0 Å². The molecule has 0 radical (unpaired) electrons. The summed E-state index contributed by atoms with van der Waals surface area (Å²) in [4.78, 5) is 26.4. The van der Waals surface area contributed by atoms with E-state index in [9.17, 15) is 9.59 Å². The molecule has 1 fully saturated rings. The van der Waals surface area contributed by atoms with E-state index in [2.05, 4.69) is 15.9 Å². The lowest BCUT2D eigenvalue weighted by Gasteiger charge is -2.12. The second-order valence-corrected chi connectivity index (χ2v) is 7.05. The first-order valence-electron chi connectivity index (χ1n) is 7.21. The lowest BCUT2D eigenvalue weighted by Crippen LogP contribution is -2.27. The maximum atomic E-state index is 12.6. The highest BCUT2D eigenvalue weighted by atomic mass is 79.9. The van der Waals surface area contributed by atoms with Gasteiger partial charge in [0.1, 0.15) is 5.75 Å². The van der Waals surface area contributed by atoms with E-state index in [0.29, 0.717) is 10.7 Å². The van der Waals surface area contributed by atoms with Crippen LogP contribution in [0, 0.1) is 0 Å². The number of nitrogens with zero attached hydrogens (tertiary/aromatic N) is 1. The van der Waals surface area contributed by atoms with Crippen molar-refractivity contribution in [1.29, 1.82) is 0 Å². The minimum atomic E-state index is -0.282. The predicted molar refractivity (Wildman–Crippen MR) is 98.7 cm³/mol. The summed E-state index contributed by atoms with van der Waals surface area (Å²) >= 11 is 4.35. The Morgan fingerprint density at radius 1 is 1.17 bits per heavy atom. The minimum Gasteiger partial charge on any atom is -0.496 e. The third-order valence-electron chi connectivity index (χ3n) is 3.54. The number of carbonyl (C=O) groups excluding carboxylic acids is 2. The largest absolute Gasteiger partial charge is 0.496 e. The molecule has 0 atom stereocenters. The molecule has 0 aliphatic carbocycles. The standard InChI is InChI=1S/C18H14BrNO3S/c1-23-15-8-7-14(19)9-13(15)10-16-17(21)20(18(22)24-16)11-12-5-3-2-4-6-12/h2-10H,11H2,1H3/b16-10-. The first kappa shape index (κ1) is 16.8. The molecule has 122 valence electrons. The SMILES string of the molecule is COc1ccc(Br)cc1/C=C1\SC(=O)N(Cc2ccccc2)C1=O. The molecule has 1 aliphatic heterocycles. The van der Waals surface area contributed by atoms with Crippen LogP contribution in [0.4, 0.5) is 4.79 Å². The van der Waals surface area contributed by atoms with Crippen LogP contribution in [-0.4, -0.2) is 23.2 Å². The van der Waals surface area contributed by atoms with E-state index in [1.54, 1.807) is 13.2 Å². The fourth-order valence-corrected chi connectivity index (χ4v) is 3.57. The lowest BCUT2D eigenvalue weighted by atomic mass is 10.1. The summed E-state index contributed by atoms with van der Waals surface area (Å²) in [6, 6.07) is 15.0. The molecule has 0 saturated carbocycles. The first-order valence-corrected chi connectivity index (χ1v) is 8.82. The molecular formula is C18H14BrNO3S. The molecule has 0 bridgehead atoms. The van der Waals surface area contributed by atoms with Gasteiger partial charge >= 0.3 is 0 Å². The van der Waals surface area contributed by atoms with Gasteiger partial charge in [0, 0.05) is 10.0 Å². The molecule has 0 aromatic heterocycles. The van der Waals surface area contributed by atoms with Gasteiger partial charge in [-0.3, -0.25) is 14.5 Å². The average Bonchev–Trinajstić information content (AvgIpc) is 2.84. The van der Waals surface area contributed by atoms with E-state index in [1.165, 1.54) is 4.90 Å². The highest BCUT2D eigenvalue weighted by Crippen LogP contribution is 2.35. The maximum Gasteiger partial charge on any atom is 0.293 e. The smallest absolute Gasteiger partial charge is 0.293 e. The number of thioether (sulfide) groups is 1. The summed E-state index contributed by atoms with van der Waals surface area (Å²) in [5.41, 5.74) is 1.66. The molecule has 1 heterocycles. The Labute approximate surface area is 152 Å². The van der Waals surface area contributed by atoms with Crippen LogP contribution in [0.5, 0.6) is 5.75 Å². The van der Waals surface area contributed by atoms with Crippen molar-refractivity contribution < 1.29 is 14.3 Å². The van der Waals surface area contributed by atoms with Crippen molar-refractivity contribution in [3.63, 3.8) is 0 Å². The Bertz CT molecular complexity index is 820. The van der Waals surface area contributed by atoms with Gasteiger partial charge in [-0.2, -0.15) is 0 Å². The Balaban J connectivity index is 1.87. The van der Waals surface area contributed by atoms with Crippen molar-refractivity contribution >= 4 is 44.9 Å². The number of rotatable bonds is 4. The normalized spacial score (nSPS) is 16.1. The molecule has 2 aromatic carbocycles. The molecular weight excluding hydrogens is 390 g/mol. The molecule has 4 nitrogen and oxygen atoms in total. The van der Waals surface area contributed by atoms with Crippen molar-refractivity contribution in [3.05, 3.63) is 69.0 Å². The summed E-state index contributed by atoms with van der Waals surface area (Å²) in [6.45, 7) is 0.276. The monoisotopic (exact) mass is 403 g/mol. The Hall–Kier alpha value is -2.05. The van der Waals surface area contributed by atoms with Crippen molar-refractivity contribution in [2.24, 2.45) is 0 Å². The van der Waals surface area contributed by atoms with E-state index < -0.39 is 0 Å². The molecule has 0 N–H and O–H groups in total. The second kappa shape index (κ2) is 7.23. The number of halogens is 1. The summed E-state index contributed by atoms with van der Waals surface area (Å²) < 4.78 is 6.18. The van der Waals surface area contributed by atoms with Crippen LogP contribution in [0.15, 0.2) is 57.9 Å². The van der Waals surface area contributed by atoms with E-state index >= 15 is 0 Å². The zero-order valence-corrected chi connectivity index (χ0v) is 15.3. The molecule has 2 amide bonds. The van der Waals surface area contributed by atoms with Crippen LogP contribution in [0.2, 0.25) is 0 Å². The predicted octanol–water partition coefficient (Wildman–Crippen LogP) is 4.69. The summed E-state index contributed by atoms with van der Waals surface area (Å²) in [5, 5.41) is -0.260. The van der Waals surface area contributed by atoms with E-state index in [0.717, 1.165) is 27.4 Å². The van der Waals surface area contributed by atoms with E-state index in [-0.39, 0.29) is 17.7 Å². The first-order chi connectivity index (χ1) is 11.6. The number of benzene rings is 2. The number of ether oxygens (including phenoxy) is 1. The van der Waals surface area contributed by atoms with Gasteiger partial charge in [0.15, 0.2) is 0 Å². The molecule has 6 heteroatoms. The Kier molecular flexibility index (Phi) is 5.06. The number of hydrogen-bond donors (Lipinski definition) is 0. The van der Waals surface area contributed by atoms with Crippen LogP contribution in [0.25, 0.3) is 6.08 Å². The van der Waals surface area contributed by atoms with Crippen LogP contribution in [-0.2, 0) is 11.3 Å². The fourth-order valence-electron chi connectivity index (χ4n) is 2.36. The summed E-state index contributed by atoms with van der Waals surface area (Å²) in [6.07, 6.45) is 1.69. The van der Waals surface area contributed by atoms with Gasteiger partial charge in [-0.05, 0) is 41.6 Å². The second-order valence-electron chi connectivity index (χ2n) is 5.14. The average molecular weight is 404 g/mol. The number of amides is 2. The fraction of sp³-hybridized carbons (Fsp3) is 0.111. The van der Waals surface area contributed by atoms with Crippen molar-refractivity contribution in [1.82, 2.24) is 4.90 Å². The van der Waals surface area contributed by atoms with Gasteiger partial charge < -0.3 is 4.74 Å². The zero-order valence-electron chi connectivity index (χ0n) is 12.9. The number of hydrogen-bond acceptors (Lipinski definition) is 4. The highest BCUT2D eigenvalue weighted by molar-refractivity contribution is 9.10. The van der Waals surface area contributed by atoms with Crippen molar-refractivity contribution in [3.8, 4) is 5.75 Å². The van der Waals surface area contributed by atoms with Crippen LogP contribution >= 0.6 is 27.7 Å². The molecule has 0 unspecified atom stereocenters. The zero-order chi connectivity index (χ0) is 17.1. The molecule has 1 aliphatic rings. The van der Waals surface area contributed by atoms with Crippen LogP contribution < -0.4 is 4.74 Å². The van der Waals surface area contributed by atoms with Gasteiger partial charge in [-0.15, -0.1) is 0 Å². The molecule has 0 spiro atoms. The highest BCUT2D eigenvalue weighted by Gasteiger charge is 2.35. The third kappa shape index (κ3) is 3.55. The van der Waals surface area contributed by atoms with Gasteiger partial charge in [-0.25, -0.2) is 0 Å².